The largest absolute Gasteiger partial charge is 0.328 e. The number of aromatic amines is 1. The van der Waals surface area contributed by atoms with Gasteiger partial charge in [-0.05, 0) is 48.6 Å². The Labute approximate surface area is 173 Å². The van der Waals surface area contributed by atoms with E-state index in [1.807, 2.05) is 25.1 Å². The first-order valence-electron chi connectivity index (χ1n) is 9.55. The van der Waals surface area contributed by atoms with Gasteiger partial charge in [0.2, 0.25) is 0 Å². The van der Waals surface area contributed by atoms with Crippen molar-refractivity contribution < 1.29 is 9.18 Å². The molecule has 29 heavy (non-hydrogen) atoms. The number of amides is 2. The molecule has 5 nitrogen and oxygen atoms in total. The minimum absolute atomic E-state index is 0.0532. The second-order valence-electron chi connectivity index (χ2n) is 6.90. The molecule has 0 bridgehead atoms. The van der Waals surface area contributed by atoms with Crippen LogP contribution in [0.1, 0.15) is 38.3 Å². The Morgan fingerprint density at radius 1 is 1.24 bits per heavy atom. The van der Waals surface area contributed by atoms with Crippen molar-refractivity contribution >= 4 is 34.1 Å². The third kappa shape index (κ3) is 4.59. The molecule has 0 aliphatic carbocycles. The van der Waals surface area contributed by atoms with Crippen LogP contribution in [-0.2, 0) is 0 Å². The Hall–Kier alpha value is -2.86. The average Bonchev–Trinajstić information content (AvgIpc) is 2.71. The zero-order chi connectivity index (χ0) is 21.0. The van der Waals surface area contributed by atoms with Gasteiger partial charge in [-0.15, -0.1) is 0 Å². The van der Waals surface area contributed by atoms with E-state index in [1.165, 1.54) is 18.2 Å². The SMILES string of the molecule is CCCCN(C(=O)Nc1ccc(F)c(Cl)c1)[C@H](C)c1c[nH]c(=O)c2ccccc12. The van der Waals surface area contributed by atoms with E-state index >= 15 is 0 Å². The number of carbonyl (C=O) groups excluding carboxylic acids is 1. The molecule has 0 saturated heterocycles. The molecule has 1 atom stereocenters. The summed E-state index contributed by atoms with van der Waals surface area (Å²) in [5.41, 5.74) is 1.10. The highest BCUT2D eigenvalue weighted by Crippen LogP contribution is 2.27. The Kier molecular flexibility index (Phi) is 6.54. The molecule has 0 radical (unpaired) electrons. The number of nitrogens with zero attached hydrogens (tertiary/aromatic N) is 1. The molecule has 1 heterocycles. The van der Waals surface area contributed by atoms with Crippen molar-refractivity contribution in [1.82, 2.24) is 9.88 Å². The minimum Gasteiger partial charge on any atom is -0.328 e. The van der Waals surface area contributed by atoms with Crippen LogP contribution in [0, 0.1) is 5.82 Å². The van der Waals surface area contributed by atoms with Crippen LogP contribution in [0.4, 0.5) is 14.9 Å². The van der Waals surface area contributed by atoms with Gasteiger partial charge in [-0.3, -0.25) is 4.79 Å². The molecule has 1 aromatic heterocycles. The highest BCUT2D eigenvalue weighted by molar-refractivity contribution is 6.31. The molecule has 0 unspecified atom stereocenters. The molecule has 2 amide bonds. The number of H-pyrrole nitrogens is 1. The Morgan fingerprint density at radius 3 is 2.66 bits per heavy atom. The summed E-state index contributed by atoms with van der Waals surface area (Å²) in [7, 11) is 0. The summed E-state index contributed by atoms with van der Waals surface area (Å²) in [5.74, 6) is -0.541. The average molecular weight is 416 g/mol. The van der Waals surface area contributed by atoms with Crippen LogP contribution in [0.25, 0.3) is 10.8 Å². The minimum atomic E-state index is -0.541. The maximum Gasteiger partial charge on any atom is 0.322 e. The first-order valence-corrected chi connectivity index (χ1v) is 9.93. The van der Waals surface area contributed by atoms with Crippen LogP contribution < -0.4 is 10.9 Å². The Balaban J connectivity index is 1.93. The van der Waals surface area contributed by atoms with Gasteiger partial charge in [-0.2, -0.15) is 0 Å². The number of rotatable bonds is 6. The Morgan fingerprint density at radius 2 is 1.97 bits per heavy atom. The molecular formula is C22H23ClFN3O2. The van der Waals surface area contributed by atoms with Crippen molar-refractivity contribution in [1.29, 1.82) is 0 Å². The molecular weight excluding hydrogens is 393 g/mol. The Bertz CT molecular complexity index is 1080. The number of benzene rings is 2. The van der Waals surface area contributed by atoms with Crippen LogP contribution in [0.5, 0.6) is 0 Å². The number of fused-ring (bicyclic) bond motifs is 1. The van der Waals surface area contributed by atoms with Gasteiger partial charge in [0, 0.05) is 23.8 Å². The molecule has 152 valence electrons. The lowest BCUT2D eigenvalue weighted by Crippen LogP contribution is -2.38. The van der Waals surface area contributed by atoms with Gasteiger partial charge in [-0.1, -0.05) is 43.1 Å². The predicted octanol–water partition coefficient (Wildman–Crippen LogP) is 5.72. The van der Waals surface area contributed by atoms with E-state index in [-0.39, 0.29) is 22.7 Å². The number of carbonyl (C=O) groups is 1. The quantitative estimate of drug-likeness (QED) is 0.541. The van der Waals surface area contributed by atoms with Crippen molar-refractivity contribution in [3.63, 3.8) is 0 Å². The van der Waals surface area contributed by atoms with E-state index in [1.54, 1.807) is 17.2 Å². The zero-order valence-corrected chi connectivity index (χ0v) is 17.1. The molecule has 0 aliphatic heterocycles. The lowest BCUT2D eigenvalue weighted by molar-refractivity contribution is 0.192. The number of anilines is 1. The monoisotopic (exact) mass is 415 g/mol. The summed E-state index contributed by atoms with van der Waals surface area (Å²) in [4.78, 5) is 29.7. The van der Waals surface area contributed by atoms with E-state index in [0.29, 0.717) is 17.6 Å². The van der Waals surface area contributed by atoms with Gasteiger partial charge in [0.1, 0.15) is 5.82 Å². The molecule has 3 rings (SSSR count). The normalized spacial score (nSPS) is 12.0. The number of halogens is 2. The molecule has 0 spiro atoms. The van der Waals surface area contributed by atoms with Gasteiger partial charge < -0.3 is 15.2 Å². The fourth-order valence-electron chi connectivity index (χ4n) is 3.31. The number of pyridine rings is 1. The second kappa shape index (κ2) is 9.09. The van der Waals surface area contributed by atoms with Crippen molar-refractivity contribution in [3.05, 3.63) is 75.4 Å². The maximum absolute atomic E-state index is 13.4. The molecule has 2 aromatic carbocycles. The number of aromatic nitrogens is 1. The smallest absolute Gasteiger partial charge is 0.322 e. The van der Waals surface area contributed by atoms with E-state index in [9.17, 15) is 14.0 Å². The van der Waals surface area contributed by atoms with E-state index in [0.717, 1.165) is 23.8 Å². The third-order valence-corrected chi connectivity index (χ3v) is 5.23. The summed E-state index contributed by atoms with van der Waals surface area (Å²) in [6.07, 6.45) is 3.41. The second-order valence-corrected chi connectivity index (χ2v) is 7.31. The third-order valence-electron chi connectivity index (χ3n) is 4.94. The molecule has 0 fully saturated rings. The zero-order valence-electron chi connectivity index (χ0n) is 16.3. The van der Waals surface area contributed by atoms with Crippen LogP contribution >= 0.6 is 11.6 Å². The topological polar surface area (TPSA) is 65.2 Å². The van der Waals surface area contributed by atoms with Crippen LogP contribution in [0.2, 0.25) is 5.02 Å². The van der Waals surface area contributed by atoms with Crippen LogP contribution in [0.15, 0.2) is 53.5 Å². The van der Waals surface area contributed by atoms with E-state index in [4.69, 9.17) is 11.6 Å². The van der Waals surface area contributed by atoms with Crippen LogP contribution in [-0.4, -0.2) is 22.5 Å². The number of unbranched alkanes of at least 4 members (excludes halogenated alkanes) is 1. The van der Waals surface area contributed by atoms with Crippen LogP contribution in [0.3, 0.4) is 0 Å². The van der Waals surface area contributed by atoms with Gasteiger partial charge in [0.05, 0.1) is 11.1 Å². The summed E-state index contributed by atoms with van der Waals surface area (Å²) < 4.78 is 13.4. The summed E-state index contributed by atoms with van der Waals surface area (Å²) in [6.45, 7) is 4.51. The van der Waals surface area contributed by atoms with E-state index < -0.39 is 5.82 Å². The van der Waals surface area contributed by atoms with Gasteiger partial charge >= 0.3 is 6.03 Å². The summed E-state index contributed by atoms with van der Waals surface area (Å²) in [5, 5.41) is 4.13. The van der Waals surface area contributed by atoms with E-state index in [2.05, 4.69) is 17.2 Å². The molecule has 3 aromatic rings. The van der Waals surface area contributed by atoms with Crippen molar-refractivity contribution in [2.45, 2.75) is 32.7 Å². The van der Waals surface area contributed by atoms with Crippen molar-refractivity contribution in [2.24, 2.45) is 0 Å². The summed E-state index contributed by atoms with van der Waals surface area (Å²) in [6, 6.07) is 10.8. The highest BCUT2D eigenvalue weighted by Gasteiger charge is 2.23. The standard InChI is InChI=1S/C22H23ClFN3O2/c1-3-4-11-27(22(29)26-15-9-10-20(24)19(23)12-15)14(2)18-13-25-21(28)17-8-6-5-7-16(17)18/h5-10,12-14H,3-4,11H2,1-2H3,(H,25,28)(H,26,29)/t14-/m1/s1. The van der Waals surface area contributed by atoms with Gasteiger partial charge in [-0.25, -0.2) is 9.18 Å². The van der Waals surface area contributed by atoms with Gasteiger partial charge in [0.15, 0.2) is 0 Å². The lowest BCUT2D eigenvalue weighted by atomic mass is 10.0. The molecule has 2 N–H and O–H groups in total. The first-order chi connectivity index (χ1) is 13.9. The first kappa shape index (κ1) is 20.9. The molecule has 0 saturated carbocycles. The highest BCUT2D eigenvalue weighted by atomic mass is 35.5. The number of hydrogen-bond donors (Lipinski definition) is 2. The van der Waals surface area contributed by atoms with Crippen molar-refractivity contribution in [2.75, 3.05) is 11.9 Å². The fraction of sp³-hybridized carbons (Fsp3) is 0.273. The maximum atomic E-state index is 13.4. The van der Waals surface area contributed by atoms with Crippen molar-refractivity contribution in [3.8, 4) is 0 Å². The number of urea groups is 1. The number of hydrogen-bond acceptors (Lipinski definition) is 2. The van der Waals surface area contributed by atoms with Gasteiger partial charge in [0.25, 0.3) is 5.56 Å². The molecule has 7 heteroatoms. The lowest BCUT2D eigenvalue weighted by Gasteiger charge is -2.30. The number of nitrogens with one attached hydrogen (secondary N) is 2. The molecule has 0 aliphatic rings. The predicted molar refractivity (Wildman–Crippen MR) is 115 cm³/mol. The summed E-state index contributed by atoms with van der Waals surface area (Å²) >= 11 is 5.83. The fourth-order valence-corrected chi connectivity index (χ4v) is 3.49.